The summed E-state index contributed by atoms with van der Waals surface area (Å²) in [4.78, 5) is 11.5. The average Bonchev–Trinajstić information content (AvgIpc) is 2.16. The molecular formula is C11H13BrO2. The quantitative estimate of drug-likeness (QED) is 0.667. The van der Waals surface area contributed by atoms with Crippen LogP contribution in [-0.4, -0.2) is 15.7 Å². The molecule has 3 heteroatoms. The number of aryl methyl sites for hydroxylation is 1. The van der Waals surface area contributed by atoms with Gasteiger partial charge in [-0.25, -0.2) is 0 Å². The number of aliphatic hydroxyl groups excluding tert-OH is 1. The molecule has 0 amide bonds. The number of halogens is 1. The zero-order valence-electron chi connectivity index (χ0n) is 8.25. The molecule has 0 saturated carbocycles. The van der Waals surface area contributed by atoms with Crippen LogP contribution < -0.4 is 0 Å². The van der Waals surface area contributed by atoms with Gasteiger partial charge in [-0.2, -0.15) is 0 Å². The minimum Gasteiger partial charge on any atom is -0.392 e. The molecule has 1 atom stereocenters. The second-order valence-electron chi connectivity index (χ2n) is 3.30. The second kappa shape index (κ2) is 4.71. The van der Waals surface area contributed by atoms with Crippen molar-refractivity contribution in [3.8, 4) is 0 Å². The van der Waals surface area contributed by atoms with Crippen LogP contribution in [-0.2, 0) is 6.61 Å². The Balaban J connectivity index is 3.17. The van der Waals surface area contributed by atoms with Crippen molar-refractivity contribution >= 4 is 21.7 Å². The van der Waals surface area contributed by atoms with Gasteiger partial charge in [0, 0.05) is 5.56 Å². The molecule has 0 aromatic heterocycles. The van der Waals surface area contributed by atoms with Crippen molar-refractivity contribution in [3.05, 3.63) is 34.9 Å². The van der Waals surface area contributed by atoms with Crippen molar-refractivity contribution in [3.63, 3.8) is 0 Å². The van der Waals surface area contributed by atoms with Gasteiger partial charge in [0.2, 0.25) is 0 Å². The smallest absolute Gasteiger partial charge is 0.176 e. The second-order valence-corrected chi connectivity index (χ2v) is 4.67. The highest BCUT2D eigenvalue weighted by atomic mass is 79.9. The van der Waals surface area contributed by atoms with Crippen LogP contribution in [0.5, 0.6) is 0 Å². The summed E-state index contributed by atoms with van der Waals surface area (Å²) in [6.45, 7) is 3.61. The Morgan fingerprint density at radius 2 is 2.21 bits per heavy atom. The van der Waals surface area contributed by atoms with Crippen molar-refractivity contribution in [2.24, 2.45) is 0 Å². The van der Waals surface area contributed by atoms with Crippen LogP contribution in [0.4, 0.5) is 0 Å². The standard InChI is InChI=1S/C11H13BrO2/c1-7-3-4-9(6-13)10(5-7)11(14)8(2)12/h3-5,8,13H,6H2,1-2H3. The number of hydrogen-bond donors (Lipinski definition) is 1. The molecule has 1 N–H and O–H groups in total. The molecule has 0 fully saturated rings. The third kappa shape index (κ3) is 2.42. The van der Waals surface area contributed by atoms with Crippen LogP contribution in [0.3, 0.4) is 0 Å². The lowest BCUT2D eigenvalue weighted by Gasteiger charge is -2.08. The van der Waals surface area contributed by atoms with E-state index in [0.29, 0.717) is 11.1 Å². The molecule has 76 valence electrons. The number of Topliss-reactive ketones (excluding diaryl/α,β-unsaturated/α-hetero) is 1. The van der Waals surface area contributed by atoms with Gasteiger partial charge in [-0.15, -0.1) is 0 Å². The molecule has 0 bridgehead atoms. The van der Waals surface area contributed by atoms with E-state index in [-0.39, 0.29) is 17.2 Å². The van der Waals surface area contributed by atoms with Crippen molar-refractivity contribution in [1.29, 1.82) is 0 Å². The molecule has 14 heavy (non-hydrogen) atoms. The van der Waals surface area contributed by atoms with Crippen molar-refractivity contribution < 1.29 is 9.90 Å². The third-order valence-electron chi connectivity index (χ3n) is 2.06. The largest absolute Gasteiger partial charge is 0.392 e. The normalized spacial score (nSPS) is 12.6. The Labute approximate surface area is 92.1 Å². The zero-order valence-corrected chi connectivity index (χ0v) is 9.84. The number of aliphatic hydroxyl groups is 1. The first kappa shape index (κ1) is 11.4. The highest BCUT2D eigenvalue weighted by Gasteiger charge is 2.15. The number of ketones is 1. The van der Waals surface area contributed by atoms with Crippen LogP contribution >= 0.6 is 15.9 Å². The Kier molecular flexibility index (Phi) is 3.84. The third-order valence-corrected chi connectivity index (χ3v) is 2.48. The maximum absolute atomic E-state index is 11.7. The fourth-order valence-corrected chi connectivity index (χ4v) is 1.52. The predicted octanol–water partition coefficient (Wildman–Crippen LogP) is 2.45. The lowest BCUT2D eigenvalue weighted by atomic mass is 10.00. The molecule has 0 aliphatic rings. The molecule has 0 spiro atoms. The Hall–Kier alpha value is -0.670. The van der Waals surface area contributed by atoms with E-state index in [9.17, 15) is 4.79 Å². The fraction of sp³-hybridized carbons (Fsp3) is 0.364. The molecule has 0 radical (unpaired) electrons. The summed E-state index contributed by atoms with van der Waals surface area (Å²) < 4.78 is 0. The molecule has 1 aromatic rings. The fourth-order valence-electron chi connectivity index (χ4n) is 1.27. The van der Waals surface area contributed by atoms with E-state index in [1.54, 1.807) is 13.0 Å². The first-order valence-corrected chi connectivity index (χ1v) is 5.36. The molecule has 0 heterocycles. The summed E-state index contributed by atoms with van der Waals surface area (Å²) >= 11 is 3.23. The summed E-state index contributed by atoms with van der Waals surface area (Å²) in [5.41, 5.74) is 2.32. The molecule has 0 saturated heterocycles. The van der Waals surface area contributed by atoms with Gasteiger partial charge in [0.1, 0.15) is 0 Å². The van der Waals surface area contributed by atoms with Crippen LogP contribution in [0.1, 0.15) is 28.4 Å². The molecule has 1 rings (SSSR count). The molecule has 0 aliphatic carbocycles. The van der Waals surface area contributed by atoms with Gasteiger partial charge in [-0.05, 0) is 25.5 Å². The summed E-state index contributed by atoms with van der Waals surface area (Å²) in [6, 6.07) is 5.49. The topological polar surface area (TPSA) is 37.3 Å². The van der Waals surface area contributed by atoms with Crippen LogP contribution in [0.15, 0.2) is 18.2 Å². The average molecular weight is 257 g/mol. The zero-order chi connectivity index (χ0) is 10.7. The number of hydrogen-bond acceptors (Lipinski definition) is 2. The van der Waals surface area contributed by atoms with Gasteiger partial charge in [0.15, 0.2) is 5.78 Å². The SMILES string of the molecule is Cc1ccc(CO)c(C(=O)C(C)Br)c1. The minimum atomic E-state index is -0.213. The highest BCUT2D eigenvalue weighted by molar-refractivity contribution is 9.10. The summed E-state index contributed by atoms with van der Waals surface area (Å²) in [7, 11) is 0. The van der Waals surface area contributed by atoms with Crippen molar-refractivity contribution in [2.45, 2.75) is 25.3 Å². The maximum atomic E-state index is 11.7. The van der Waals surface area contributed by atoms with Gasteiger partial charge in [0.05, 0.1) is 11.4 Å². The van der Waals surface area contributed by atoms with Gasteiger partial charge in [0.25, 0.3) is 0 Å². The number of carbonyl (C=O) groups excluding carboxylic acids is 1. The van der Waals surface area contributed by atoms with Gasteiger partial charge in [-0.3, -0.25) is 4.79 Å². The van der Waals surface area contributed by atoms with Crippen LogP contribution in [0, 0.1) is 6.92 Å². The Morgan fingerprint density at radius 3 is 2.71 bits per heavy atom. The molecule has 0 aliphatic heterocycles. The van der Waals surface area contributed by atoms with Gasteiger partial charge < -0.3 is 5.11 Å². The van der Waals surface area contributed by atoms with E-state index in [1.165, 1.54) is 0 Å². The molecule has 2 nitrogen and oxygen atoms in total. The van der Waals surface area contributed by atoms with E-state index < -0.39 is 0 Å². The molecule has 1 unspecified atom stereocenters. The lowest BCUT2D eigenvalue weighted by Crippen LogP contribution is -2.13. The molecule has 1 aromatic carbocycles. The monoisotopic (exact) mass is 256 g/mol. The summed E-state index contributed by atoms with van der Waals surface area (Å²) in [6.07, 6.45) is 0. The van der Waals surface area contributed by atoms with Crippen molar-refractivity contribution in [1.82, 2.24) is 0 Å². The van der Waals surface area contributed by atoms with E-state index in [1.807, 2.05) is 19.1 Å². The molecular weight excluding hydrogens is 244 g/mol. The van der Waals surface area contributed by atoms with Crippen molar-refractivity contribution in [2.75, 3.05) is 0 Å². The summed E-state index contributed by atoms with van der Waals surface area (Å²) in [5.74, 6) is 0.0118. The van der Waals surface area contributed by atoms with Crippen LogP contribution in [0.2, 0.25) is 0 Å². The minimum absolute atomic E-state index is 0.0118. The first-order valence-electron chi connectivity index (χ1n) is 4.45. The van der Waals surface area contributed by atoms with Gasteiger partial charge in [-0.1, -0.05) is 33.6 Å². The van der Waals surface area contributed by atoms with E-state index in [4.69, 9.17) is 5.11 Å². The Morgan fingerprint density at radius 1 is 1.57 bits per heavy atom. The predicted molar refractivity (Wildman–Crippen MR) is 59.8 cm³/mol. The lowest BCUT2D eigenvalue weighted by molar-refractivity contribution is 0.0993. The Bertz CT molecular complexity index is 345. The number of alkyl halides is 1. The first-order chi connectivity index (χ1) is 6.56. The van der Waals surface area contributed by atoms with Crippen LogP contribution in [0.25, 0.3) is 0 Å². The van der Waals surface area contributed by atoms with E-state index in [0.717, 1.165) is 5.56 Å². The van der Waals surface area contributed by atoms with E-state index >= 15 is 0 Å². The van der Waals surface area contributed by atoms with E-state index in [2.05, 4.69) is 15.9 Å². The van der Waals surface area contributed by atoms with Gasteiger partial charge >= 0.3 is 0 Å². The maximum Gasteiger partial charge on any atom is 0.176 e. The number of benzene rings is 1. The number of carbonyl (C=O) groups is 1. The highest BCUT2D eigenvalue weighted by Crippen LogP contribution is 2.16. The number of rotatable bonds is 3. The summed E-state index contributed by atoms with van der Waals surface area (Å²) in [5, 5.41) is 9.07.